The predicted molar refractivity (Wildman–Crippen MR) is 151 cm³/mol. The van der Waals surface area contributed by atoms with E-state index in [1.807, 2.05) is 103 Å². The fourth-order valence-electron chi connectivity index (χ4n) is 3.35. The van der Waals surface area contributed by atoms with Crippen molar-refractivity contribution in [2.45, 2.75) is 6.42 Å². The minimum absolute atomic E-state index is 0. The summed E-state index contributed by atoms with van der Waals surface area (Å²) >= 11 is 2.37. The second-order valence-corrected chi connectivity index (χ2v) is 9.46. The molecule has 0 aromatic heterocycles. The molecule has 2 aromatic rings. The monoisotopic (exact) mass is 616 g/mol. The maximum absolute atomic E-state index is 13.0. The number of ketones is 1. The third-order valence-electron chi connectivity index (χ3n) is 5.33. The Hall–Kier alpha value is -1.48. The Labute approximate surface area is 237 Å². The van der Waals surface area contributed by atoms with Crippen molar-refractivity contribution in [3.05, 3.63) is 120 Å². The molecule has 4 rings (SSSR count). The van der Waals surface area contributed by atoms with Crippen molar-refractivity contribution in [3.8, 4) is 11.8 Å². The Morgan fingerprint density at radius 1 is 0.771 bits per heavy atom. The van der Waals surface area contributed by atoms with Gasteiger partial charge in [-0.05, 0) is 128 Å². The SMILES string of the molecule is CN(C)c1ccc(Cc2ccc(N(C)C)cc2C(=O)C#C[C]2[CH][CH][CH][CH]2)c(I)c1.[CH]1[CH][CH][CH][CH]1.[Fe+2]. The molecule has 2 fully saturated rings. The molecular formula is C30H29FeIN2O+2. The van der Waals surface area contributed by atoms with Crippen LogP contribution in [0.1, 0.15) is 21.5 Å². The fourth-order valence-corrected chi connectivity index (χ4v) is 4.03. The van der Waals surface area contributed by atoms with Crippen LogP contribution >= 0.6 is 22.6 Å². The molecule has 0 N–H and O–H groups in total. The molecule has 0 heterocycles. The van der Waals surface area contributed by atoms with Gasteiger partial charge in [0.05, 0.1) is 5.92 Å². The summed E-state index contributed by atoms with van der Waals surface area (Å²) in [5.74, 6) is 6.50. The number of rotatable bonds is 5. The maximum Gasteiger partial charge on any atom is 2.00 e. The van der Waals surface area contributed by atoms with Crippen molar-refractivity contribution in [3.63, 3.8) is 0 Å². The summed E-state index contributed by atoms with van der Waals surface area (Å²) < 4.78 is 1.19. The minimum atomic E-state index is -0.148. The third-order valence-corrected chi connectivity index (χ3v) is 6.33. The number of Topliss-reactive ketones (excluding diaryl/α,β-unsaturated/α-hetero) is 1. The summed E-state index contributed by atoms with van der Waals surface area (Å²) in [7, 11) is 8.02. The smallest absolute Gasteiger partial charge is 0.378 e. The van der Waals surface area contributed by atoms with E-state index in [1.54, 1.807) is 0 Å². The van der Waals surface area contributed by atoms with Gasteiger partial charge in [-0.1, -0.05) is 18.1 Å². The fraction of sp³-hybridized carbons (Fsp3) is 0.167. The topological polar surface area (TPSA) is 23.6 Å². The van der Waals surface area contributed by atoms with Crippen LogP contribution in [0, 0.1) is 79.1 Å². The Morgan fingerprint density at radius 3 is 1.80 bits per heavy atom. The maximum atomic E-state index is 13.0. The Kier molecular flexibility index (Phi) is 12.7. The van der Waals surface area contributed by atoms with E-state index in [9.17, 15) is 4.79 Å². The van der Waals surface area contributed by atoms with Crippen LogP contribution in [0.3, 0.4) is 0 Å². The molecule has 5 heteroatoms. The van der Waals surface area contributed by atoms with Gasteiger partial charge >= 0.3 is 17.1 Å². The minimum Gasteiger partial charge on any atom is -0.378 e. The van der Waals surface area contributed by atoms with Crippen LogP contribution in [0.5, 0.6) is 0 Å². The van der Waals surface area contributed by atoms with Gasteiger partial charge in [-0.2, -0.15) is 0 Å². The van der Waals surface area contributed by atoms with E-state index in [1.165, 1.54) is 9.13 Å². The zero-order valence-electron chi connectivity index (χ0n) is 20.4. The number of anilines is 2. The summed E-state index contributed by atoms with van der Waals surface area (Å²) in [6.45, 7) is 0. The molecule has 35 heavy (non-hydrogen) atoms. The summed E-state index contributed by atoms with van der Waals surface area (Å²) in [4.78, 5) is 17.0. The summed E-state index contributed by atoms with van der Waals surface area (Å²) in [5, 5.41) is 0. The van der Waals surface area contributed by atoms with Crippen molar-refractivity contribution in [2.24, 2.45) is 0 Å². The number of benzene rings is 2. The van der Waals surface area contributed by atoms with E-state index in [-0.39, 0.29) is 22.9 Å². The molecule has 2 saturated carbocycles. The number of nitrogens with zero attached hydrogens (tertiary/aromatic N) is 2. The quantitative estimate of drug-likeness (QED) is 0.143. The van der Waals surface area contributed by atoms with Crippen LogP contribution in [-0.2, 0) is 23.5 Å². The zero-order valence-corrected chi connectivity index (χ0v) is 23.7. The first-order valence-corrected chi connectivity index (χ1v) is 12.1. The number of hydrogen-bond donors (Lipinski definition) is 0. The molecule has 2 aromatic carbocycles. The molecule has 10 radical (unpaired) electrons. The van der Waals surface area contributed by atoms with E-state index < -0.39 is 0 Å². The van der Waals surface area contributed by atoms with Gasteiger partial charge in [-0.15, -0.1) is 0 Å². The van der Waals surface area contributed by atoms with E-state index >= 15 is 0 Å². The molecular weight excluding hydrogens is 587 g/mol. The summed E-state index contributed by atoms with van der Waals surface area (Å²) in [5.41, 5.74) is 5.02. The molecule has 0 saturated heterocycles. The van der Waals surface area contributed by atoms with Crippen LogP contribution in [0.25, 0.3) is 0 Å². The summed E-state index contributed by atoms with van der Waals surface area (Å²) in [6, 6.07) is 12.5. The average Bonchev–Trinajstić information content (AvgIpc) is 3.56. The van der Waals surface area contributed by atoms with E-state index in [2.05, 4.69) is 63.6 Å². The van der Waals surface area contributed by atoms with Crippen LogP contribution in [0.2, 0.25) is 0 Å². The van der Waals surface area contributed by atoms with Crippen LogP contribution < -0.4 is 9.80 Å². The largest absolute Gasteiger partial charge is 2.00 e. The molecule has 0 aliphatic heterocycles. The second kappa shape index (κ2) is 14.9. The third kappa shape index (κ3) is 9.16. The molecule has 0 unspecified atom stereocenters. The number of halogens is 1. The van der Waals surface area contributed by atoms with E-state index in [0.717, 1.165) is 22.9 Å². The van der Waals surface area contributed by atoms with E-state index in [0.29, 0.717) is 12.0 Å². The Bertz CT molecular complexity index is 1020. The normalized spacial score (nSPS) is 14.8. The molecule has 0 amide bonds. The molecule has 0 atom stereocenters. The molecule has 0 bridgehead atoms. The Balaban J connectivity index is 0.000000640. The van der Waals surface area contributed by atoms with Crippen molar-refractivity contribution in [2.75, 3.05) is 38.0 Å². The van der Waals surface area contributed by atoms with Gasteiger partial charge in [0.1, 0.15) is 0 Å². The standard InChI is InChI=1S/C25H24IN2O.C5H5.Fe/c1-27(2)21-12-10-19(15-20-11-13-22(28(3)4)17-24(20)26)23(16-21)25(29)14-9-18-7-5-6-8-18;1-2-4-5-3-1;/h5-8,10-13,16-17H,15H2,1-4H3;1-5H;/q;;+2. The first-order chi connectivity index (χ1) is 16.3. The predicted octanol–water partition coefficient (Wildman–Crippen LogP) is 5.62. The van der Waals surface area contributed by atoms with Gasteiger partial charge in [0.2, 0.25) is 5.78 Å². The first-order valence-electron chi connectivity index (χ1n) is 11.1. The molecule has 3 nitrogen and oxygen atoms in total. The van der Waals surface area contributed by atoms with Crippen LogP contribution in [0.4, 0.5) is 11.4 Å². The average molecular weight is 616 g/mol. The van der Waals surface area contributed by atoms with Crippen LogP contribution in [0.15, 0.2) is 36.4 Å². The molecule has 0 spiro atoms. The van der Waals surface area contributed by atoms with Crippen molar-refractivity contribution < 1.29 is 21.9 Å². The molecule has 2 aliphatic rings. The van der Waals surface area contributed by atoms with Crippen molar-refractivity contribution >= 4 is 39.7 Å². The number of carbonyl (C=O) groups excluding carboxylic acids is 1. The second-order valence-electron chi connectivity index (χ2n) is 8.30. The van der Waals surface area contributed by atoms with Gasteiger partial charge in [0.25, 0.3) is 0 Å². The van der Waals surface area contributed by atoms with Crippen molar-refractivity contribution in [1.29, 1.82) is 0 Å². The van der Waals surface area contributed by atoms with Crippen LogP contribution in [-0.4, -0.2) is 34.0 Å². The first kappa shape index (κ1) is 29.7. The molecule has 178 valence electrons. The Morgan fingerprint density at radius 2 is 1.29 bits per heavy atom. The van der Waals surface area contributed by atoms with Gasteiger partial charge < -0.3 is 9.80 Å². The van der Waals surface area contributed by atoms with Gasteiger partial charge in [-0.3, -0.25) is 4.79 Å². The van der Waals surface area contributed by atoms with Crippen molar-refractivity contribution in [1.82, 2.24) is 0 Å². The summed E-state index contributed by atoms with van der Waals surface area (Å²) in [6.07, 6.45) is 18.4. The molecule has 2 aliphatic carbocycles. The number of hydrogen-bond acceptors (Lipinski definition) is 3. The van der Waals surface area contributed by atoms with E-state index in [4.69, 9.17) is 0 Å². The van der Waals surface area contributed by atoms with Gasteiger partial charge in [0, 0.05) is 48.7 Å². The van der Waals surface area contributed by atoms with Gasteiger partial charge in [0.15, 0.2) is 0 Å². The zero-order chi connectivity index (χ0) is 24.5. The number of carbonyl (C=O) groups is 1. The van der Waals surface area contributed by atoms with Gasteiger partial charge in [-0.25, -0.2) is 0 Å².